The number of fused-ring (bicyclic) bond motifs is 2. The molecule has 96 valence electrons. The number of aromatic nitrogens is 4. The van der Waals surface area contributed by atoms with E-state index in [4.69, 9.17) is 12.2 Å². The van der Waals surface area contributed by atoms with Crippen molar-refractivity contribution in [2.75, 3.05) is 0 Å². The van der Waals surface area contributed by atoms with Gasteiger partial charge in [0.05, 0.1) is 22.9 Å². The van der Waals surface area contributed by atoms with Crippen LogP contribution < -0.4 is 0 Å². The fourth-order valence-electron chi connectivity index (χ4n) is 2.50. The molecule has 0 amide bonds. The molecule has 4 rings (SSSR count). The third-order valence-electron chi connectivity index (χ3n) is 3.38. The first kappa shape index (κ1) is 11.3. The SMILES string of the molecule is S=c1[nH]c2cnccc2n1-c1cccc2cnccc12. The molecule has 0 fully saturated rings. The van der Waals surface area contributed by atoms with Gasteiger partial charge in [0.15, 0.2) is 4.77 Å². The summed E-state index contributed by atoms with van der Waals surface area (Å²) in [5.41, 5.74) is 3.00. The smallest absolute Gasteiger partial charge is 0.182 e. The van der Waals surface area contributed by atoms with Crippen LogP contribution in [0.5, 0.6) is 0 Å². The topological polar surface area (TPSA) is 46.5 Å². The highest BCUT2D eigenvalue weighted by molar-refractivity contribution is 7.71. The lowest BCUT2D eigenvalue weighted by Gasteiger charge is -2.08. The molecule has 3 heterocycles. The van der Waals surface area contributed by atoms with Gasteiger partial charge >= 0.3 is 0 Å². The number of nitrogens with one attached hydrogen (secondary N) is 1. The second-order valence-electron chi connectivity index (χ2n) is 4.53. The molecule has 20 heavy (non-hydrogen) atoms. The minimum atomic E-state index is 0.664. The molecule has 0 radical (unpaired) electrons. The molecule has 0 aliphatic carbocycles. The molecule has 0 spiro atoms. The maximum Gasteiger partial charge on any atom is 0.182 e. The third kappa shape index (κ3) is 1.57. The van der Waals surface area contributed by atoms with Crippen molar-refractivity contribution in [3.05, 3.63) is 59.9 Å². The van der Waals surface area contributed by atoms with Crippen LogP contribution in [0.2, 0.25) is 0 Å². The molecule has 5 heteroatoms. The van der Waals surface area contributed by atoms with Crippen molar-refractivity contribution >= 4 is 34.0 Å². The first-order chi connectivity index (χ1) is 9.84. The summed E-state index contributed by atoms with van der Waals surface area (Å²) in [5.74, 6) is 0. The second kappa shape index (κ2) is 4.25. The number of hydrogen-bond acceptors (Lipinski definition) is 3. The third-order valence-corrected chi connectivity index (χ3v) is 3.67. The Bertz CT molecular complexity index is 978. The number of pyridine rings is 2. The van der Waals surface area contributed by atoms with Gasteiger partial charge in [0.25, 0.3) is 0 Å². The predicted molar refractivity (Wildman–Crippen MR) is 81.6 cm³/mol. The van der Waals surface area contributed by atoms with Gasteiger partial charge in [-0.25, -0.2) is 0 Å². The van der Waals surface area contributed by atoms with Gasteiger partial charge in [-0.2, -0.15) is 0 Å². The maximum absolute atomic E-state index is 5.46. The maximum atomic E-state index is 5.46. The predicted octanol–water partition coefficient (Wildman–Crippen LogP) is 3.63. The molecule has 4 aromatic rings. The molecule has 0 aliphatic heterocycles. The summed E-state index contributed by atoms with van der Waals surface area (Å²) in [6.07, 6.45) is 7.22. The molecule has 4 nitrogen and oxygen atoms in total. The summed E-state index contributed by atoms with van der Waals surface area (Å²) >= 11 is 5.46. The van der Waals surface area contributed by atoms with Crippen LogP contribution in [-0.2, 0) is 0 Å². The molecule has 3 aromatic heterocycles. The average molecular weight is 278 g/mol. The number of nitrogens with zero attached hydrogens (tertiary/aromatic N) is 3. The fourth-order valence-corrected chi connectivity index (χ4v) is 2.81. The Balaban J connectivity index is 2.17. The van der Waals surface area contributed by atoms with Gasteiger partial charge < -0.3 is 4.98 Å². The van der Waals surface area contributed by atoms with E-state index in [-0.39, 0.29) is 0 Å². The average Bonchev–Trinajstić information content (AvgIpc) is 2.82. The largest absolute Gasteiger partial charge is 0.329 e. The minimum absolute atomic E-state index is 0.664. The van der Waals surface area contributed by atoms with E-state index < -0.39 is 0 Å². The van der Waals surface area contributed by atoms with Crippen LogP contribution in [0.3, 0.4) is 0 Å². The molecular weight excluding hydrogens is 268 g/mol. The molecule has 0 bridgehead atoms. The van der Waals surface area contributed by atoms with E-state index in [1.807, 2.05) is 35.0 Å². The first-order valence-electron chi connectivity index (χ1n) is 6.22. The lowest BCUT2D eigenvalue weighted by atomic mass is 10.1. The Labute approximate surface area is 119 Å². The lowest BCUT2D eigenvalue weighted by molar-refractivity contribution is 1.08. The Morgan fingerprint density at radius 1 is 1.00 bits per heavy atom. The molecule has 0 aliphatic rings. The summed E-state index contributed by atoms with van der Waals surface area (Å²) in [4.78, 5) is 11.5. The zero-order chi connectivity index (χ0) is 13.5. The normalized spacial score (nSPS) is 11.2. The van der Waals surface area contributed by atoms with Crippen molar-refractivity contribution in [2.24, 2.45) is 0 Å². The van der Waals surface area contributed by atoms with Gasteiger partial charge in [-0.1, -0.05) is 12.1 Å². The van der Waals surface area contributed by atoms with Crippen LogP contribution in [0.25, 0.3) is 27.5 Å². The Hall–Kier alpha value is -2.53. The number of hydrogen-bond donors (Lipinski definition) is 1. The quantitative estimate of drug-likeness (QED) is 0.541. The van der Waals surface area contributed by atoms with Crippen molar-refractivity contribution in [2.45, 2.75) is 0 Å². The zero-order valence-corrected chi connectivity index (χ0v) is 11.3. The van der Waals surface area contributed by atoms with Gasteiger partial charge in [0, 0.05) is 29.4 Å². The highest BCUT2D eigenvalue weighted by Gasteiger charge is 2.09. The molecule has 0 saturated heterocycles. The van der Waals surface area contributed by atoms with E-state index in [0.29, 0.717) is 4.77 Å². The van der Waals surface area contributed by atoms with E-state index in [1.165, 1.54) is 0 Å². The molecular formula is C15H10N4S. The number of benzene rings is 1. The zero-order valence-electron chi connectivity index (χ0n) is 10.4. The van der Waals surface area contributed by atoms with Crippen molar-refractivity contribution in [3.63, 3.8) is 0 Å². The summed E-state index contributed by atoms with van der Waals surface area (Å²) in [6.45, 7) is 0. The number of H-pyrrole nitrogens is 1. The van der Waals surface area contributed by atoms with Crippen LogP contribution in [-0.4, -0.2) is 19.5 Å². The van der Waals surface area contributed by atoms with Crippen LogP contribution >= 0.6 is 12.2 Å². The van der Waals surface area contributed by atoms with Crippen molar-refractivity contribution in [3.8, 4) is 5.69 Å². The van der Waals surface area contributed by atoms with E-state index in [9.17, 15) is 0 Å². The highest BCUT2D eigenvalue weighted by Crippen LogP contribution is 2.25. The summed E-state index contributed by atoms with van der Waals surface area (Å²) in [7, 11) is 0. The van der Waals surface area contributed by atoms with Crippen LogP contribution in [0.1, 0.15) is 0 Å². The standard InChI is InChI=1S/C15H10N4S/c20-15-18-12-9-17-7-5-14(12)19(15)13-3-1-2-10-8-16-6-4-11(10)13/h1-9H,(H,18,20). The van der Waals surface area contributed by atoms with Crippen LogP contribution in [0, 0.1) is 4.77 Å². The van der Waals surface area contributed by atoms with E-state index >= 15 is 0 Å². The number of imidazole rings is 1. The minimum Gasteiger partial charge on any atom is -0.329 e. The Kier molecular flexibility index (Phi) is 2.40. The monoisotopic (exact) mass is 278 g/mol. The van der Waals surface area contributed by atoms with Gasteiger partial charge in [-0.3, -0.25) is 14.5 Å². The highest BCUT2D eigenvalue weighted by atomic mass is 32.1. The Morgan fingerprint density at radius 3 is 2.80 bits per heavy atom. The number of aromatic amines is 1. The van der Waals surface area contributed by atoms with E-state index in [2.05, 4.69) is 21.0 Å². The van der Waals surface area contributed by atoms with Crippen LogP contribution in [0.15, 0.2) is 55.1 Å². The molecule has 0 unspecified atom stereocenters. The van der Waals surface area contributed by atoms with Crippen LogP contribution in [0.4, 0.5) is 0 Å². The summed E-state index contributed by atoms with van der Waals surface area (Å²) in [6, 6.07) is 10.1. The van der Waals surface area contributed by atoms with Crippen molar-refractivity contribution in [1.29, 1.82) is 0 Å². The van der Waals surface area contributed by atoms with Crippen molar-refractivity contribution in [1.82, 2.24) is 19.5 Å². The summed E-state index contributed by atoms with van der Waals surface area (Å²) in [5, 5.41) is 2.21. The van der Waals surface area contributed by atoms with Crippen molar-refractivity contribution < 1.29 is 0 Å². The van der Waals surface area contributed by atoms with Gasteiger partial charge in [0.1, 0.15) is 0 Å². The van der Waals surface area contributed by atoms with Gasteiger partial charge in [0.2, 0.25) is 0 Å². The summed E-state index contributed by atoms with van der Waals surface area (Å²) < 4.78 is 2.70. The molecule has 1 aromatic carbocycles. The van der Waals surface area contributed by atoms with Gasteiger partial charge in [-0.15, -0.1) is 0 Å². The molecule has 0 atom stereocenters. The fraction of sp³-hybridized carbons (Fsp3) is 0. The second-order valence-corrected chi connectivity index (χ2v) is 4.92. The van der Waals surface area contributed by atoms with E-state index in [0.717, 1.165) is 27.5 Å². The number of rotatable bonds is 1. The first-order valence-corrected chi connectivity index (χ1v) is 6.63. The lowest BCUT2D eigenvalue weighted by Crippen LogP contribution is -1.95. The molecule has 0 saturated carbocycles. The van der Waals surface area contributed by atoms with Gasteiger partial charge in [-0.05, 0) is 30.4 Å². The van der Waals surface area contributed by atoms with E-state index in [1.54, 1.807) is 18.6 Å². The molecule has 1 N–H and O–H groups in total. The Morgan fingerprint density at radius 2 is 1.85 bits per heavy atom.